The molecule has 4 rings (SSSR count). The highest BCUT2D eigenvalue weighted by atomic mass is 32.1. The molecule has 0 amide bonds. The number of carbonyl (C=O) groups is 2. The van der Waals surface area contributed by atoms with E-state index in [0.29, 0.717) is 28.4 Å². The van der Waals surface area contributed by atoms with Gasteiger partial charge in [0.25, 0.3) is 5.92 Å². The number of carbonyl (C=O) groups excluding carboxylic acids is 1. The second-order valence-electron chi connectivity index (χ2n) is 8.71. The Kier molecular flexibility index (Phi) is 15.6. The first-order valence-electron chi connectivity index (χ1n) is 13.7. The maximum Gasteiger partial charge on any atom is 0.329 e. The number of aldehydes is 1. The Balaban J connectivity index is 0.000000998. The van der Waals surface area contributed by atoms with E-state index in [-0.39, 0.29) is 18.7 Å². The fourth-order valence-electron chi connectivity index (χ4n) is 4.09. The molecule has 1 fully saturated rings. The van der Waals surface area contributed by atoms with Crippen LogP contribution in [0.4, 0.5) is 13.2 Å². The molecule has 42 heavy (non-hydrogen) atoms. The zero-order chi connectivity index (χ0) is 31.9. The molecule has 234 valence electrons. The van der Waals surface area contributed by atoms with Crippen molar-refractivity contribution < 1.29 is 37.3 Å². The lowest BCUT2D eigenvalue weighted by atomic mass is 9.83. The first kappa shape index (κ1) is 36.9. The van der Waals surface area contributed by atoms with Gasteiger partial charge in [0.15, 0.2) is 17.1 Å². The standard InChI is InChI=1S/C22H21F3N4O4S.C3H8O.2C2H6/c1-21(13-2-4-14(23)5-3-13)15(10-30)16(27-19(28-21)20-26-6-7-34-20)8-29-9-17(22(24,25)12-29)33-11-18(31)32;1-3-4-2;2*1-2/h2-7,10,17H,8-9,11-12H2,1H3,(H,27,28)(H,31,32);3H2,1-2H3;2*1-2H3/t17?,21-;;;/m1.../s1. The number of hydrogen-bond acceptors (Lipinski definition) is 9. The number of amidine groups is 1. The second kappa shape index (κ2) is 17.7. The van der Waals surface area contributed by atoms with Crippen molar-refractivity contribution in [1.82, 2.24) is 15.2 Å². The predicted molar refractivity (Wildman–Crippen MR) is 158 cm³/mol. The number of alkyl halides is 2. The van der Waals surface area contributed by atoms with Crippen molar-refractivity contribution in [2.75, 3.05) is 40.0 Å². The number of aliphatic imine (C=N–C) groups is 1. The summed E-state index contributed by atoms with van der Waals surface area (Å²) in [4.78, 5) is 33.3. The van der Waals surface area contributed by atoms with Gasteiger partial charge in [-0.2, -0.15) is 0 Å². The van der Waals surface area contributed by atoms with Crippen LogP contribution >= 0.6 is 11.3 Å². The fraction of sp³-hybridized carbons (Fsp3) is 0.517. The molecule has 0 aliphatic carbocycles. The van der Waals surface area contributed by atoms with Gasteiger partial charge < -0.3 is 19.9 Å². The van der Waals surface area contributed by atoms with Gasteiger partial charge in [0, 0.05) is 49.7 Å². The van der Waals surface area contributed by atoms with Crippen LogP contribution in [0.1, 0.15) is 52.1 Å². The van der Waals surface area contributed by atoms with E-state index in [9.17, 15) is 22.8 Å². The number of nitrogens with one attached hydrogen (secondary N) is 1. The Morgan fingerprint density at radius 3 is 2.36 bits per heavy atom. The average Bonchev–Trinajstić information content (AvgIpc) is 3.62. The molecule has 13 heteroatoms. The number of ether oxygens (including phenoxy) is 2. The molecule has 0 radical (unpaired) electrons. The van der Waals surface area contributed by atoms with Gasteiger partial charge in [-0.05, 0) is 31.5 Å². The third-order valence-electron chi connectivity index (χ3n) is 6.02. The van der Waals surface area contributed by atoms with Crippen LogP contribution in [0, 0.1) is 5.82 Å². The summed E-state index contributed by atoms with van der Waals surface area (Å²) in [5.74, 6) is -4.70. The first-order chi connectivity index (χ1) is 20.0. The number of thiazole rings is 1. The Bertz CT molecular complexity index is 1170. The lowest BCUT2D eigenvalue weighted by molar-refractivity contribution is -0.152. The molecule has 3 heterocycles. The summed E-state index contributed by atoms with van der Waals surface area (Å²) in [7, 11) is 1.68. The third-order valence-corrected chi connectivity index (χ3v) is 6.80. The summed E-state index contributed by atoms with van der Waals surface area (Å²) in [6.45, 7) is 10.7. The highest BCUT2D eigenvalue weighted by Gasteiger charge is 2.50. The molecule has 2 aliphatic heterocycles. The SMILES string of the molecule is CC.CC.CCOC.C[C@]1(c2ccc(F)cc2)N=C(c2nccs2)NC(CN2CC(OCC(=O)O)C(F)(F)C2)=C1C=O. The number of nitrogens with zero attached hydrogens (tertiary/aromatic N) is 3. The van der Waals surface area contributed by atoms with Crippen molar-refractivity contribution in [3.8, 4) is 0 Å². The van der Waals surface area contributed by atoms with E-state index in [1.54, 1.807) is 25.6 Å². The number of rotatable bonds is 9. The number of aromatic nitrogens is 1. The molecule has 2 aliphatic rings. The zero-order valence-electron chi connectivity index (χ0n) is 25.1. The van der Waals surface area contributed by atoms with Gasteiger partial charge in [0.2, 0.25) is 0 Å². The molecule has 0 spiro atoms. The minimum absolute atomic E-state index is 0.0717. The lowest BCUT2D eigenvalue weighted by Gasteiger charge is -2.35. The number of halogens is 3. The van der Waals surface area contributed by atoms with Gasteiger partial charge in [0.1, 0.15) is 24.1 Å². The van der Waals surface area contributed by atoms with Crippen LogP contribution in [-0.4, -0.2) is 85.1 Å². The Hall–Kier alpha value is -3.13. The molecular formula is C29H41F3N4O5S. The van der Waals surface area contributed by atoms with E-state index in [2.05, 4.69) is 15.0 Å². The van der Waals surface area contributed by atoms with Gasteiger partial charge in [-0.1, -0.05) is 39.8 Å². The fourth-order valence-corrected chi connectivity index (χ4v) is 4.67. The van der Waals surface area contributed by atoms with Gasteiger partial charge >= 0.3 is 5.97 Å². The number of aliphatic carboxylic acids is 1. The number of likely N-dealkylation sites (tertiary alicyclic amines) is 1. The van der Waals surface area contributed by atoms with Crippen molar-refractivity contribution in [2.24, 2.45) is 4.99 Å². The molecule has 2 N–H and O–H groups in total. The molecule has 2 atom stereocenters. The number of hydrogen-bond donors (Lipinski definition) is 2. The second-order valence-corrected chi connectivity index (χ2v) is 9.61. The Morgan fingerprint density at radius 1 is 1.24 bits per heavy atom. The van der Waals surface area contributed by atoms with Crippen LogP contribution in [0.15, 0.2) is 52.1 Å². The number of methoxy groups -OCH3 is 1. The summed E-state index contributed by atoms with van der Waals surface area (Å²) in [6.07, 6.45) is 0.604. The van der Waals surface area contributed by atoms with Crippen LogP contribution in [0.2, 0.25) is 0 Å². The largest absolute Gasteiger partial charge is 0.480 e. The molecule has 0 saturated carbocycles. The van der Waals surface area contributed by atoms with Crippen molar-refractivity contribution in [3.05, 3.63) is 63.5 Å². The van der Waals surface area contributed by atoms with E-state index < -0.39 is 42.5 Å². The number of benzene rings is 1. The maximum atomic E-state index is 14.5. The van der Waals surface area contributed by atoms with Crippen molar-refractivity contribution in [2.45, 2.75) is 59.1 Å². The molecule has 9 nitrogen and oxygen atoms in total. The van der Waals surface area contributed by atoms with Gasteiger partial charge in [-0.25, -0.2) is 27.9 Å². The first-order valence-corrected chi connectivity index (χ1v) is 14.6. The van der Waals surface area contributed by atoms with Crippen LogP contribution in [0.25, 0.3) is 0 Å². The molecule has 2 aromatic rings. The smallest absolute Gasteiger partial charge is 0.329 e. The summed E-state index contributed by atoms with van der Waals surface area (Å²) in [6, 6.07) is 5.55. The van der Waals surface area contributed by atoms with E-state index in [1.165, 1.54) is 40.5 Å². The molecule has 1 saturated heterocycles. The van der Waals surface area contributed by atoms with Crippen LogP contribution in [0.3, 0.4) is 0 Å². The van der Waals surface area contributed by atoms with Crippen molar-refractivity contribution in [3.63, 3.8) is 0 Å². The van der Waals surface area contributed by atoms with Gasteiger partial charge in [-0.3, -0.25) is 9.69 Å². The zero-order valence-corrected chi connectivity index (χ0v) is 25.9. The predicted octanol–water partition coefficient (Wildman–Crippen LogP) is 5.13. The van der Waals surface area contributed by atoms with Gasteiger partial charge in [-0.15, -0.1) is 11.3 Å². The van der Waals surface area contributed by atoms with E-state index >= 15 is 0 Å². The van der Waals surface area contributed by atoms with E-state index in [1.807, 2.05) is 34.6 Å². The third kappa shape index (κ3) is 9.72. The molecule has 1 aromatic carbocycles. The minimum atomic E-state index is -3.27. The minimum Gasteiger partial charge on any atom is -0.480 e. The van der Waals surface area contributed by atoms with Crippen LogP contribution in [0.5, 0.6) is 0 Å². The maximum absolute atomic E-state index is 14.5. The topological polar surface area (TPSA) is 113 Å². The van der Waals surface area contributed by atoms with E-state index in [0.717, 1.165) is 6.61 Å². The van der Waals surface area contributed by atoms with Crippen molar-refractivity contribution in [1.29, 1.82) is 0 Å². The van der Waals surface area contributed by atoms with Gasteiger partial charge in [0.05, 0.1) is 6.54 Å². The molecule has 1 unspecified atom stereocenters. The average molecular weight is 615 g/mol. The Morgan fingerprint density at radius 2 is 1.86 bits per heavy atom. The lowest BCUT2D eigenvalue weighted by Crippen LogP contribution is -2.43. The van der Waals surface area contributed by atoms with E-state index in [4.69, 9.17) is 14.8 Å². The molecule has 1 aromatic heterocycles. The Labute approximate surface area is 249 Å². The highest BCUT2D eigenvalue weighted by Crippen LogP contribution is 2.38. The number of carboxylic acid groups (broad SMARTS) is 1. The van der Waals surface area contributed by atoms with Crippen molar-refractivity contribution >= 4 is 29.4 Å². The highest BCUT2D eigenvalue weighted by molar-refractivity contribution is 7.11. The molecule has 0 bridgehead atoms. The normalized spacial score (nSPS) is 20.9. The van der Waals surface area contributed by atoms with Crippen LogP contribution < -0.4 is 5.32 Å². The summed E-state index contributed by atoms with van der Waals surface area (Å²) in [5.41, 5.74) is -0.133. The summed E-state index contributed by atoms with van der Waals surface area (Å²) < 4.78 is 51.9. The summed E-state index contributed by atoms with van der Waals surface area (Å²) >= 11 is 1.31. The quantitative estimate of drug-likeness (QED) is 0.374. The monoisotopic (exact) mass is 614 g/mol. The van der Waals surface area contributed by atoms with Crippen LogP contribution in [-0.2, 0) is 24.6 Å². The number of carboxylic acids is 1. The summed E-state index contributed by atoms with van der Waals surface area (Å²) in [5, 5.41) is 14.1. The molecular weight excluding hydrogens is 573 g/mol.